The highest BCUT2D eigenvalue weighted by molar-refractivity contribution is 6.62. The molecular weight excluding hydrogens is 208 g/mol. The van der Waals surface area contributed by atoms with Gasteiger partial charge in [0.1, 0.15) is 0 Å². The van der Waals surface area contributed by atoms with Crippen molar-refractivity contribution >= 4 is 8.80 Å². The molecule has 0 spiro atoms. The first-order chi connectivity index (χ1) is 7.29. The largest absolute Gasteiger partial charge is 0.568 e. The molecule has 0 aliphatic heterocycles. The standard InChI is InChI=1S/C11H22O3Si/c1-4-14-15(12-2,13-3)11-9-7-5-6-8-10-11/h4,11H,1,5-10H2,2-3H3. The van der Waals surface area contributed by atoms with Crippen LogP contribution in [0.25, 0.3) is 0 Å². The molecule has 0 aromatic rings. The van der Waals surface area contributed by atoms with Crippen LogP contribution in [0.5, 0.6) is 0 Å². The average molecular weight is 230 g/mol. The molecule has 4 heteroatoms. The van der Waals surface area contributed by atoms with Gasteiger partial charge in [0.2, 0.25) is 0 Å². The van der Waals surface area contributed by atoms with Crippen LogP contribution in [0.15, 0.2) is 12.8 Å². The second-order valence-corrected chi connectivity index (χ2v) is 7.06. The fourth-order valence-corrected chi connectivity index (χ4v) is 4.92. The highest BCUT2D eigenvalue weighted by Gasteiger charge is 2.49. The molecule has 0 saturated heterocycles. The molecule has 0 bridgehead atoms. The lowest BCUT2D eigenvalue weighted by Crippen LogP contribution is -2.47. The predicted molar refractivity (Wildman–Crippen MR) is 62.5 cm³/mol. The van der Waals surface area contributed by atoms with Gasteiger partial charge in [0.25, 0.3) is 0 Å². The molecule has 1 aliphatic rings. The Bertz CT molecular complexity index is 184. The van der Waals surface area contributed by atoms with Crippen LogP contribution in [0, 0.1) is 0 Å². The van der Waals surface area contributed by atoms with Crippen molar-refractivity contribution in [2.75, 3.05) is 14.2 Å². The molecule has 0 amide bonds. The molecule has 88 valence electrons. The van der Waals surface area contributed by atoms with Gasteiger partial charge < -0.3 is 13.3 Å². The van der Waals surface area contributed by atoms with E-state index in [0.29, 0.717) is 5.54 Å². The van der Waals surface area contributed by atoms with Gasteiger partial charge in [-0.2, -0.15) is 0 Å². The van der Waals surface area contributed by atoms with Crippen LogP contribution in [0.3, 0.4) is 0 Å². The lowest BCUT2D eigenvalue weighted by molar-refractivity contribution is 0.125. The second-order valence-electron chi connectivity index (χ2n) is 3.98. The van der Waals surface area contributed by atoms with Crippen molar-refractivity contribution in [3.63, 3.8) is 0 Å². The topological polar surface area (TPSA) is 27.7 Å². The van der Waals surface area contributed by atoms with Gasteiger partial charge in [-0.3, -0.25) is 0 Å². The van der Waals surface area contributed by atoms with Crippen LogP contribution in [0.2, 0.25) is 5.54 Å². The summed E-state index contributed by atoms with van der Waals surface area (Å²) in [6.07, 6.45) is 8.93. The van der Waals surface area contributed by atoms with E-state index in [-0.39, 0.29) is 0 Å². The summed E-state index contributed by atoms with van der Waals surface area (Å²) < 4.78 is 16.7. The molecule has 0 radical (unpaired) electrons. The van der Waals surface area contributed by atoms with Crippen molar-refractivity contribution in [1.29, 1.82) is 0 Å². The maximum absolute atomic E-state index is 5.58. The predicted octanol–water partition coefficient (Wildman–Crippen LogP) is 3.10. The summed E-state index contributed by atoms with van der Waals surface area (Å²) in [4.78, 5) is 0. The Morgan fingerprint density at radius 2 is 1.60 bits per heavy atom. The normalized spacial score (nSPS) is 19.6. The molecule has 1 fully saturated rings. The van der Waals surface area contributed by atoms with E-state index in [2.05, 4.69) is 6.58 Å². The maximum atomic E-state index is 5.58. The van der Waals surface area contributed by atoms with Crippen LogP contribution < -0.4 is 0 Å². The van der Waals surface area contributed by atoms with Gasteiger partial charge in [0, 0.05) is 19.8 Å². The third-order valence-electron chi connectivity index (χ3n) is 3.17. The van der Waals surface area contributed by atoms with Crippen LogP contribution in [-0.2, 0) is 13.3 Å². The summed E-state index contributed by atoms with van der Waals surface area (Å²) >= 11 is 0. The molecular formula is C11H22O3Si. The van der Waals surface area contributed by atoms with Gasteiger partial charge in [0.05, 0.1) is 6.26 Å². The number of hydrogen-bond donors (Lipinski definition) is 0. The van der Waals surface area contributed by atoms with Crippen molar-refractivity contribution in [2.24, 2.45) is 0 Å². The van der Waals surface area contributed by atoms with Crippen LogP contribution in [0.4, 0.5) is 0 Å². The summed E-state index contributed by atoms with van der Waals surface area (Å²) in [6.45, 7) is 3.61. The van der Waals surface area contributed by atoms with Crippen molar-refractivity contribution in [1.82, 2.24) is 0 Å². The van der Waals surface area contributed by atoms with Crippen molar-refractivity contribution in [3.8, 4) is 0 Å². The first-order valence-electron chi connectivity index (χ1n) is 5.68. The molecule has 0 aromatic heterocycles. The zero-order valence-corrected chi connectivity index (χ0v) is 10.8. The molecule has 0 aromatic carbocycles. The highest BCUT2D eigenvalue weighted by Crippen LogP contribution is 2.37. The number of hydrogen-bond acceptors (Lipinski definition) is 3. The van der Waals surface area contributed by atoms with E-state index >= 15 is 0 Å². The van der Waals surface area contributed by atoms with E-state index < -0.39 is 8.80 Å². The maximum Gasteiger partial charge on any atom is 0.568 e. The minimum atomic E-state index is -2.49. The lowest BCUT2D eigenvalue weighted by atomic mass is 10.2. The summed E-state index contributed by atoms with van der Waals surface area (Å²) in [5.74, 6) is 0. The highest BCUT2D eigenvalue weighted by atomic mass is 28.4. The lowest BCUT2D eigenvalue weighted by Gasteiger charge is -2.31. The summed E-state index contributed by atoms with van der Waals surface area (Å²) in [5, 5.41) is 0. The first kappa shape index (κ1) is 12.7. The smallest absolute Gasteiger partial charge is 0.508 e. The van der Waals surface area contributed by atoms with Crippen LogP contribution in [0.1, 0.15) is 38.5 Å². The Morgan fingerprint density at radius 1 is 1.07 bits per heavy atom. The molecule has 0 unspecified atom stereocenters. The first-order valence-corrected chi connectivity index (χ1v) is 7.48. The van der Waals surface area contributed by atoms with Gasteiger partial charge in [-0.15, -0.1) is 0 Å². The quantitative estimate of drug-likeness (QED) is 0.412. The van der Waals surface area contributed by atoms with Crippen molar-refractivity contribution in [2.45, 2.75) is 44.1 Å². The SMILES string of the molecule is C=CO[Si](OC)(OC)C1CCCCCC1. The Labute approximate surface area is 93.8 Å². The van der Waals surface area contributed by atoms with E-state index in [1.54, 1.807) is 14.2 Å². The molecule has 1 aliphatic carbocycles. The Balaban J connectivity index is 2.70. The molecule has 3 nitrogen and oxygen atoms in total. The third kappa shape index (κ3) is 3.06. The fourth-order valence-electron chi connectivity index (χ4n) is 2.36. The van der Waals surface area contributed by atoms with E-state index in [9.17, 15) is 0 Å². The zero-order valence-electron chi connectivity index (χ0n) is 9.83. The van der Waals surface area contributed by atoms with Gasteiger partial charge >= 0.3 is 8.80 Å². The van der Waals surface area contributed by atoms with Gasteiger partial charge in [-0.25, -0.2) is 0 Å². The van der Waals surface area contributed by atoms with Crippen molar-refractivity contribution < 1.29 is 13.3 Å². The molecule has 1 saturated carbocycles. The monoisotopic (exact) mass is 230 g/mol. The summed E-state index contributed by atoms with van der Waals surface area (Å²) in [7, 11) is 0.876. The van der Waals surface area contributed by atoms with E-state index in [0.717, 1.165) is 12.8 Å². The summed E-state index contributed by atoms with van der Waals surface area (Å²) in [5.41, 5.74) is 0.438. The molecule has 0 heterocycles. The number of rotatable bonds is 5. The Hall–Kier alpha value is -0.323. The minimum absolute atomic E-state index is 0.438. The van der Waals surface area contributed by atoms with E-state index in [1.807, 2.05) is 0 Å². The Morgan fingerprint density at radius 3 is 2.00 bits per heavy atom. The van der Waals surface area contributed by atoms with Gasteiger partial charge in [-0.05, 0) is 12.8 Å². The zero-order chi connectivity index (χ0) is 11.1. The van der Waals surface area contributed by atoms with E-state index in [4.69, 9.17) is 13.3 Å². The van der Waals surface area contributed by atoms with Crippen molar-refractivity contribution in [3.05, 3.63) is 12.8 Å². The van der Waals surface area contributed by atoms with Crippen LogP contribution in [-0.4, -0.2) is 23.0 Å². The molecule has 15 heavy (non-hydrogen) atoms. The second kappa shape index (κ2) is 6.30. The van der Waals surface area contributed by atoms with Gasteiger partial charge in [-0.1, -0.05) is 32.3 Å². The molecule has 0 atom stereocenters. The molecule has 1 rings (SSSR count). The molecule has 0 N–H and O–H groups in total. The fraction of sp³-hybridized carbons (Fsp3) is 0.818. The van der Waals surface area contributed by atoms with Gasteiger partial charge in [0.15, 0.2) is 0 Å². The van der Waals surface area contributed by atoms with Crippen LogP contribution >= 0.6 is 0 Å². The van der Waals surface area contributed by atoms with E-state index in [1.165, 1.54) is 31.9 Å². The summed E-state index contributed by atoms with van der Waals surface area (Å²) in [6, 6.07) is 0. The minimum Gasteiger partial charge on any atom is -0.508 e. The average Bonchev–Trinajstić information content (AvgIpc) is 2.55. The Kier molecular flexibility index (Phi) is 5.35. The third-order valence-corrected chi connectivity index (χ3v) is 6.38.